The van der Waals surface area contributed by atoms with Crippen molar-refractivity contribution in [1.82, 2.24) is 0 Å². The van der Waals surface area contributed by atoms with E-state index < -0.39 is 55.0 Å². The Hall–Kier alpha value is -1.37. The molecule has 0 heterocycles. The molecule has 1 aliphatic rings. The van der Waals surface area contributed by atoms with Crippen molar-refractivity contribution in [2.24, 2.45) is 11.8 Å². The molecule has 0 aromatic carbocycles. The number of esters is 1. The summed E-state index contributed by atoms with van der Waals surface area (Å²) in [6.45, 7) is -0.872. The molecular formula is C18H22F12O2. The van der Waals surface area contributed by atoms with Crippen molar-refractivity contribution >= 4 is 5.97 Å². The molecular weight excluding hydrogens is 476 g/mol. The molecule has 0 atom stereocenters. The van der Waals surface area contributed by atoms with E-state index in [0.717, 1.165) is 12.8 Å². The van der Waals surface area contributed by atoms with Crippen molar-refractivity contribution in [3.8, 4) is 0 Å². The van der Waals surface area contributed by atoms with Crippen LogP contribution in [0, 0.1) is 11.8 Å². The molecule has 1 fully saturated rings. The fourth-order valence-electron chi connectivity index (χ4n) is 3.46. The minimum Gasteiger partial charge on any atom is -0.459 e. The lowest BCUT2D eigenvalue weighted by Gasteiger charge is -2.38. The van der Waals surface area contributed by atoms with Gasteiger partial charge in [-0.05, 0) is 24.7 Å². The van der Waals surface area contributed by atoms with E-state index in [-0.39, 0.29) is 5.92 Å². The zero-order valence-electron chi connectivity index (χ0n) is 16.7. The molecule has 14 heteroatoms. The van der Waals surface area contributed by atoms with Gasteiger partial charge in [-0.3, -0.25) is 4.79 Å². The summed E-state index contributed by atoms with van der Waals surface area (Å²) in [5.41, 5.74) is 0. The minimum atomic E-state index is -7.62. The summed E-state index contributed by atoms with van der Waals surface area (Å²) in [5.74, 6) is -37.2. The lowest BCUT2D eigenvalue weighted by molar-refractivity contribution is -0.414. The third kappa shape index (κ3) is 5.40. The Labute approximate surface area is 175 Å². The van der Waals surface area contributed by atoms with Gasteiger partial charge in [-0.25, -0.2) is 8.78 Å². The molecule has 0 N–H and O–H groups in total. The maximum absolute atomic E-state index is 13.6. The number of ether oxygens (including phenoxy) is 1. The minimum absolute atomic E-state index is 0.361. The zero-order valence-corrected chi connectivity index (χ0v) is 16.7. The first-order chi connectivity index (χ1) is 14.3. The topological polar surface area (TPSA) is 26.3 Å². The molecule has 2 nitrogen and oxygen atoms in total. The van der Waals surface area contributed by atoms with Gasteiger partial charge in [0.15, 0.2) is 6.61 Å². The SMILES string of the molecule is CCCC1CCC(CC(=O)OCC(F)(F)C(F)(F)C(F)(F)C(F)(F)C(F)(F)C(F)F)CC1. The summed E-state index contributed by atoms with van der Waals surface area (Å²) in [6, 6.07) is 0. The van der Waals surface area contributed by atoms with E-state index in [2.05, 4.69) is 4.74 Å². The van der Waals surface area contributed by atoms with Crippen LogP contribution < -0.4 is 0 Å². The van der Waals surface area contributed by atoms with Gasteiger partial charge in [-0.1, -0.05) is 32.6 Å². The number of hydrogen-bond acceptors (Lipinski definition) is 2. The van der Waals surface area contributed by atoms with E-state index in [0.29, 0.717) is 31.6 Å². The van der Waals surface area contributed by atoms with Crippen LogP contribution in [0.25, 0.3) is 0 Å². The number of halogens is 12. The fraction of sp³-hybridized carbons (Fsp3) is 0.944. The van der Waals surface area contributed by atoms with E-state index in [4.69, 9.17) is 0 Å². The molecule has 190 valence electrons. The lowest BCUT2D eigenvalue weighted by Crippen LogP contribution is -2.69. The molecule has 0 aliphatic heterocycles. The van der Waals surface area contributed by atoms with Crippen molar-refractivity contribution in [2.75, 3.05) is 6.61 Å². The number of hydrogen-bond donors (Lipinski definition) is 0. The summed E-state index contributed by atoms with van der Waals surface area (Å²) >= 11 is 0. The van der Waals surface area contributed by atoms with Crippen molar-refractivity contribution < 1.29 is 62.2 Å². The van der Waals surface area contributed by atoms with Crippen molar-refractivity contribution in [3.05, 3.63) is 0 Å². The summed E-state index contributed by atoms with van der Waals surface area (Å²) < 4.78 is 161. The predicted octanol–water partition coefficient (Wildman–Crippen LogP) is 6.97. The van der Waals surface area contributed by atoms with Crippen LogP contribution in [0.1, 0.15) is 51.9 Å². The average Bonchev–Trinajstić information content (AvgIpc) is 2.67. The van der Waals surface area contributed by atoms with Crippen LogP contribution >= 0.6 is 0 Å². The van der Waals surface area contributed by atoms with Gasteiger partial charge in [0.05, 0.1) is 0 Å². The van der Waals surface area contributed by atoms with E-state index in [9.17, 15) is 57.5 Å². The highest BCUT2D eigenvalue weighted by Crippen LogP contribution is 2.58. The van der Waals surface area contributed by atoms with Crippen LogP contribution in [0.4, 0.5) is 52.7 Å². The molecule has 1 saturated carbocycles. The zero-order chi connectivity index (χ0) is 25.2. The normalized spacial score (nSPS) is 21.7. The van der Waals surface area contributed by atoms with Gasteiger partial charge in [-0.2, -0.15) is 43.9 Å². The molecule has 0 amide bonds. The molecule has 0 aromatic rings. The van der Waals surface area contributed by atoms with Crippen molar-refractivity contribution in [2.45, 2.75) is 87.9 Å². The number of alkyl halides is 12. The highest BCUT2D eigenvalue weighted by Gasteiger charge is 2.87. The fourth-order valence-corrected chi connectivity index (χ4v) is 3.46. The highest BCUT2D eigenvalue weighted by atomic mass is 19.4. The number of carbonyl (C=O) groups is 1. The van der Waals surface area contributed by atoms with Crippen LogP contribution in [-0.2, 0) is 9.53 Å². The summed E-state index contributed by atoms with van der Waals surface area (Å²) in [4.78, 5) is 11.6. The molecule has 0 bridgehead atoms. The molecule has 0 spiro atoms. The summed E-state index contributed by atoms with van der Waals surface area (Å²) in [6.07, 6.45) is -1.85. The van der Waals surface area contributed by atoms with Crippen molar-refractivity contribution in [3.63, 3.8) is 0 Å². The Bertz CT molecular complexity index is 627. The highest BCUT2D eigenvalue weighted by molar-refractivity contribution is 5.69. The molecule has 0 radical (unpaired) electrons. The molecule has 1 aliphatic carbocycles. The van der Waals surface area contributed by atoms with Gasteiger partial charge in [0.2, 0.25) is 0 Å². The maximum atomic E-state index is 13.6. The Morgan fingerprint density at radius 2 is 1.28 bits per heavy atom. The first kappa shape index (κ1) is 28.7. The second-order valence-corrected chi connectivity index (χ2v) is 7.89. The van der Waals surface area contributed by atoms with E-state index in [1.165, 1.54) is 0 Å². The monoisotopic (exact) mass is 498 g/mol. The summed E-state index contributed by atoms with van der Waals surface area (Å²) in [5, 5.41) is 0. The van der Waals surface area contributed by atoms with Crippen LogP contribution in [0.3, 0.4) is 0 Å². The first-order valence-corrected chi connectivity index (χ1v) is 9.68. The maximum Gasteiger partial charge on any atom is 0.384 e. The van der Waals surface area contributed by atoms with Gasteiger partial charge in [0.1, 0.15) is 0 Å². The van der Waals surface area contributed by atoms with Crippen LogP contribution in [0.2, 0.25) is 0 Å². The van der Waals surface area contributed by atoms with Crippen LogP contribution in [0.5, 0.6) is 0 Å². The van der Waals surface area contributed by atoms with Crippen LogP contribution in [0.15, 0.2) is 0 Å². The van der Waals surface area contributed by atoms with Crippen LogP contribution in [-0.4, -0.2) is 48.6 Å². The number of rotatable bonds is 11. The van der Waals surface area contributed by atoms with Gasteiger partial charge in [0, 0.05) is 6.42 Å². The Balaban J connectivity index is 2.83. The van der Waals surface area contributed by atoms with E-state index in [1.54, 1.807) is 0 Å². The van der Waals surface area contributed by atoms with Gasteiger partial charge < -0.3 is 4.74 Å². The lowest BCUT2D eigenvalue weighted by atomic mass is 9.79. The largest absolute Gasteiger partial charge is 0.459 e. The molecule has 32 heavy (non-hydrogen) atoms. The van der Waals surface area contributed by atoms with Crippen molar-refractivity contribution in [1.29, 1.82) is 0 Å². The van der Waals surface area contributed by atoms with Gasteiger partial charge in [0.25, 0.3) is 0 Å². The summed E-state index contributed by atoms with van der Waals surface area (Å²) in [7, 11) is 0. The van der Waals surface area contributed by atoms with E-state index >= 15 is 0 Å². The Morgan fingerprint density at radius 1 is 0.812 bits per heavy atom. The third-order valence-electron chi connectivity index (χ3n) is 5.47. The first-order valence-electron chi connectivity index (χ1n) is 9.68. The standard InChI is InChI=1S/C18H22F12O2/c1-2-3-10-4-6-11(7-5-10)8-12(31)32-9-14(21,22)16(25,26)18(29,30)17(27,28)15(23,24)13(19)20/h10-11,13H,2-9H2,1H3. The van der Waals surface area contributed by atoms with E-state index in [1.807, 2.05) is 6.92 Å². The third-order valence-corrected chi connectivity index (χ3v) is 5.47. The molecule has 0 unspecified atom stereocenters. The molecule has 0 saturated heterocycles. The molecule has 0 aromatic heterocycles. The quantitative estimate of drug-likeness (QED) is 0.227. The second kappa shape index (κ2) is 9.86. The average molecular weight is 498 g/mol. The second-order valence-electron chi connectivity index (χ2n) is 7.89. The van der Waals surface area contributed by atoms with Gasteiger partial charge in [-0.15, -0.1) is 0 Å². The Morgan fingerprint density at radius 3 is 1.72 bits per heavy atom. The predicted molar refractivity (Wildman–Crippen MR) is 86.7 cm³/mol. The smallest absolute Gasteiger partial charge is 0.384 e. The van der Waals surface area contributed by atoms with Gasteiger partial charge >= 0.3 is 42.0 Å². The molecule has 1 rings (SSSR count). The number of carbonyl (C=O) groups excluding carboxylic acids is 1. The Kier molecular flexibility index (Phi) is 8.83.